The van der Waals surface area contributed by atoms with Crippen LogP contribution in [0.4, 0.5) is 4.39 Å². The molecule has 0 saturated carbocycles. The van der Waals surface area contributed by atoms with Gasteiger partial charge in [0.15, 0.2) is 0 Å². The molecule has 0 spiro atoms. The maximum Gasteiger partial charge on any atom is 0.252 e. The number of carbonyl (C=O) groups excluding carboxylic acids is 1. The molecule has 4 heteroatoms. The maximum absolute atomic E-state index is 13.0. The lowest BCUT2D eigenvalue weighted by Crippen LogP contribution is -2.23. The van der Waals surface area contributed by atoms with Crippen LogP contribution < -0.4 is 5.32 Å². The predicted octanol–water partition coefficient (Wildman–Crippen LogP) is 3.26. The Balaban J connectivity index is 1.94. The van der Waals surface area contributed by atoms with Gasteiger partial charge in [-0.3, -0.25) is 4.79 Å². The van der Waals surface area contributed by atoms with Crippen molar-refractivity contribution in [2.75, 3.05) is 6.54 Å². The van der Waals surface area contributed by atoms with E-state index < -0.39 is 5.82 Å². The Hall–Kier alpha value is -2.31. The van der Waals surface area contributed by atoms with Crippen molar-refractivity contribution < 1.29 is 9.18 Å². The lowest BCUT2D eigenvalue weighted by Gasteiger charge is -2.01. The summed E-state index contributed by atoms with van der Waals surface area (Å²) in [5.41, 5.74) is 0.971. The minimum Gasteiger partial charge on any atom is -0.341 e. The van der Waals surface area contributed by atoms with Gasteiger partial charge in [0, 0.05) is 11.1 Å². The molecule has 0 aromatic heterocycles. The van der Waals surface area contributed by atoms with Gasteiger partial charge in [-0.25, -0.2) is 4.39 Å². The third kappa shape index (κ3) is 3.84. The number of hydrogen-bond donors (Lipinski definition) is 1. The van der Waals surface area contributed by atoms with Gasteiger partial charge in [-0.15, -0.1) is 0 Å². The Morgan fingerprint density at radius 3 is 2.75 bits per heavy atom. The number of carbonyl (C=O) groups is 1. The van der Waals surface area contributed by atoms with Gasteiger partial charge in [0.05, 0.1) is 11.6 Å². The van der Waals surface area contributed by atoms with Crippen LogP contribution in [-0.4, -0.2) is 12.5 Å². The Kier molecular flexibility index (Phi) is 4.75. The molecular formula is C16H11ClFNO. The summed E-state index contributed by atoms with van der Waals surface area (Å²) in [5.74, 6) is 4.85. The molecule has 0 saturated heterocycles. The molecule has 0 aliphatic rings. The van der Waals surface area contributed by atoms with Gasteiger partial charge in [-0.2, -0.15) is 0 Å². The van der Waals surface area contributed by atoms with Crippen molar-refractivity contribution in [1.29, 1.82) is 0 Å². The van der Waals surface area contributed by atoms with E-state index in [0.29, 0.717) is 10.6 Å². The second-order valence-electron chi connectivity index (χ2n) is 3.97. The normalized spacial score (nSPS) is 9.50. The quantitative estimate of drug-likeness (QED) is 0.844. The van der Waals surface area contributed by atoms with Crippen LogP contribution in [-0.2, 0) is 0 Å². The van der Waals surface area contributed by atoms with Crippen LogP contribution in [0.5, 0.6) is 0 Å². The Bertz CT molecular complexity index is 688. The largest absolute Gasteiger partial charge is 0.341 e. The highest BCUT2D eigenvalue weighted by molar-refractivity contribution is 6.31. The van der Waals surface area contributed by atoms with Crippen molar-refractivity contribution in [2.24, 2.45) is 0 Å². The van der Waals surface area contributed by atoms with Gasteiger partial charge in [0.25, 0.3) is 5.91 Å². The van der Waals surface area contributed by atoms with E-state index in [1.165, 1.54) is 18.2 Å². The second kappa shape index (κ2) is 6.74. The Morgan fingerprint density at radius 2 is 2.00 bits per heavy atom. The fraction of sp³-hybridized carbons (Fsp3) is 0.0625. The van der Waals surface area contributed by atoms with Gasteiger partial charge < -0.3 is 5.32 Å². The first kappa shape index (κ1) is 14.1. The molecule has 100 valence electrons. The van der Waals surface area contributed by atoms with Crippen LogP contribution in [0.3, 0.4) is 0 Å². The van der Waals surface area contributed by atoms with Crippen molar-refractivity contribution in [2.45, 2.75) is 0 Å². The predicted molar refractivity (Wildman–Crippen MR) is 77.1 cm³/mol. The molecule has 2 rings (SSSR count). The molecule has 0 bridgehead atoms. The first-order valence-corrected chi connectivity index (χ1v) is 6.32. The van der Waals surface area contributed by atoms with E-state index in [0.717, 1.165) is 0 Å². The van der Waals surface area contributed by atoms with E-state index in [1.807, 2.05) is 12.1 Å². The molecule has 2 aromatic carbocycles. The first-order chi connectivity index (χ1) is 9.66. The standard InChI is InChI=1S/C16H11ClFNO/c17-15-9-2-1-5-12(15)7-4-10-19-16(20)13-6-3-8-14(18)11-13/h1-3,5-6,8-9,11H,10H2,(H,19,20). The van der Waals surface area contributed by atoms with E-state index in [2.05, 4.69) is 17.2 Å². The molecule has 0 unspecified atom stereocenters. The first-order valence-electron chi connectivity index (χ1n) is 5.94. The van der Waals surface area contributed by atoms with Crippen LogP contribution in [0.15, 0.2) is 48.5 Å². The highest BCUT2D eigenvalue weighted by Gasteiger charge is 2.04. The van der Waals surface area contributed by atoms with Crippen LogP contribution in [0.2, 0.25) is 5.02 Å². The highest BCUT2D eigenvalue weighted by atomic mass is 35.5. The number of rotatable bonds is 2. The monoisotopic (exact) mass is 287 g/mol. The molecule has 0 heterocycles. The van der Waals surface area contributed by atoms with Crippen molar-refractivity contribution in [3.05, 3.63) is 70.5 Å². The van der Waals surface area contributed by atoms with Gasteiger partial charge in [-0.05, 0) is 30.3 Å². The number of halogens is 2. The van der Waals surface area contributed by atoms with Crippen molar-refractivity contribution >= 4 is 17.5 Å². The molecule has 2 aromatic rings. The molecule has 20 heavy (non-hydrogen) atoms. The van der Waals surface area contributed by atoms with Crippen LogP contribution in [0.25, 0.3) is 0 Å². The summed E-state index contributed by atoms with van der Waals surface area (Å²) in [6.07, 6.45) is 0. The minimum absolute atomic E-state index is 0.167. The Morgan fingerprint density at radius 1 is 1.20 bits per heavy atom. The average Bonchev–Trinajstić information content (AvgIpc) is 2.45. The highest BCUT2D eigenvalue weighted by Crippen LogP contribution is 2.12. The molecule has 0 aliphatic carbocycles. The summed E-state index contributed by atoms with van der Waals surface area (Å²) in [6.45, 7) is 0.167. The number of hydrogen-bond acceptors (Lipinski definition) is 1. The summed E-state index contributed by atoms with van der Waals surface area (Å²) in [4.78, 5) is 11.7. The summed E-state index contributed by atoms with van der Waals surface area (Å²) in [5, 5.41) is 3.16. The van der Waals surface area contributed by atoms with E-state index in [9.17, 15) is 9.18 Å². The molecule has 1 N–H and O–H groups in total. The van der Waals surface area contributed by atoms with Crippen LogP contribution >= 0.6 is 11.6 Å². The number of nitrogens with one attached hydrogen (secondary N) is 1. The third-order valence-electron chi connectivity index (χ3n) is 2.52. The van der Waals surface area contributed by atoms with E-state index in [-0.39, 0.29) is 18.0 Å². The minimum atomic E-state index is -0.445. The lowest BCUT2D eigenvalue weighted by atomic mass is 10.2. The molecule has 1 amide bonds. The average molecular weight is 288 g/mol. The SMILES string of the molecule is O=C(NCC#Cc1ccccc1Cl)c1cccc(F)c1. The topological polar surface area (TPSA) is 29.1 Å². The zero-order valence-electron chi connectivity index (χ0n) is 10.5. The molecular weight excluding hydrogens is 277 g/mol. The zero-order valence-corrected chi connectivity index (χ0v) is 11.2. The van der Waals surface area contributed by atoms with E-state index in [1.54, 1.807) is 18.2 Å². The fourth-order valence-corrected chi connectivity index (χ4v) is 1.74. The van der Waals surface area contributed by atoms with E-state index >= 15 is 0 Å². The summed E-state index contributed by atoms with van der Waals surface area (Å²) in [6, 6.07) is 12.7. The van der Waals surface area contributed by atoms with Gasteiger partial charge in [0.2, 0.25) is 0 Å². The van der Waals surface area contributed by atoms with Gasteiger partial charge in [-0.1, -0.05) is 41.6 Å². The van der Waals surface area contributed by atoms with Crippen LogP contribution in [0.1, 0.15) is 15.9 Å². The van der Waals surface area contributed by atoms with Crippen molar-refractivity contribution in [3.8, 4) is 11.8 Å². The smallest absolute Gasteiger partial charge is 0.252 e. The van der Waals surface area contributed by atoms with Crippen molar-refractivity contribution in [3.63, 3.8) is 0 Å². The molecule has 0 atom stereocenters. The van der Waals surface area contributed by atoms with Crippen molar-refractivity contribution in [1.82, 2.24) is 5.32 Å². The number of benzene rings is 2. The van der Waals surface area contributed by atoms with Crippen LogP contribution in [0, 0.1) is 17.7 Å². The maximum atomic E-state index is 13.0. The lowest BCUT2D eigenvalue weighted by molar-refractivity contribution is 0.0958. The zero-order chi connectivity index (χ0) is 14.4. The summed E-state index contributed by atoms with van der Waals surface area (Å²) >= 11 is 5.95. The fourth-order valence-electron chi connectivity index (χ4n) is 1.56. The number of amides is 1. The summed E-state index contributed by atoms with van der Waals surface area (Å²) < 4.78 is 13.0. The van der Waals surface area contributed by atoms with E-state index in [4.69, 9.17) is 11.6 Å². The summed E-state index contributed by atoms with van der Waals surface area (Å²) in [7, 11) is 0. The second-order valence-corrected chi connectivity index (χ2v) is 4.38. The molecule has 2 nitrogen and oxygen atoms in total. The molecule has 0 aliphatic heterocycles. The third-order valence-corrected chi connectivity index (χ3v) is 2.85. The molecule has 0 fully saturated rings. The van der Waals surface area contributed by atoms with Gasteiger partial charge >= 0.3 is 0 Å². The Labute approximate surface area is 121 Å². The molecule has 0 radical (unpaired) electrons. The van der Waals surface area contributed by atoms with Gasteiger partial charge in [0.1, 0.15) is 5.82 Å².